The SMILES string of the molecule is CCN(CC)S(=O)(=O)c1ccc(C(=O)Nc2ccc3c(c2)N(Cc2ccccc2F)C(=O)C(C)O3)cc1. The third-order valence-electron chi connectivity index (χ3n) is 6.17. The number of sulfonamides is 1. The van der Waals surface area contributed by atoms with Crippen LogP contribution in [-0.2, 0) is 21.4 Å². The quantitative estimate of drug-likeness (QED) is 0.470. The molecule has 0 aliphatic carbocycles. The molecule has 194 valence electrons. The summed E-state index contributed by atoms with van der Waals surface area (Å²) < 4.78 is 46.7. The van der Waals surface area contributed by atoms with Crippen molar-refractivity contribution in [2.45, 2.75) is 38.3 Å². The summed E-state index contributed by atoms with van der Waals surface area (Å²) in [6, 6.07) is 16.8. The van der Waals surface area contributed by atoms with Gasteiger partial charge in [0.25, 0.3) is 11.8 Å². The predicted octanol–water partition coefficient (Wildman–Crippen LogP) is 4.42. The topological polar surface area (TPSA) is 96.0 Å². The Morgan fingerprint density at radius 1 is 1.05 bits per heavy atom. The van der Waals surface area contributed by atoms with Gasteiger partial charge in [-0.05, 0) is 55.5 Å². The van der Waals surface area contributed by atoms with Gasteiger partial charge in [-0.3, -0.25) is 9.59 Å². The Bertz CT molecular complexity index is 1420. The van der Waals surface area contributed by atoms with Gasteiger partial charge in [0, 0.05) is 29.9 Å². The van der Waals surface area contributed by atoms with Crippen molar-refractivity contribution in [1.29, 1.82) is 0 Å². The van der Waals surface area contributed by atoms with Crippen LogP contribution in [0.3, 0.4) is 0 Å². The smallest absolute Gasteiger partial charge is 0.268 e. The maximum atomic E-state index is 14.3. The Labute approximate surface area is 215 Å². The van der Waals surface area contributed by atoms with Crippen molar-refractivity contribution in [1.82, 2.24) is 4.31 Å². The third kappa shape index (κ3) is 5.35. The third-order valence-corrected chi connectivity index (χ3v) is 8.24. The summed E-state index contributed by atoms with van der Waals surface area (Å²) in [5, 5.41) is 2.77. The molecule has 0 spiro atoms. The molecule has 0 saturated carbocycles. The number of fused-ring (bicyclic) bond motifs is 1. The summed E-state index contributed by atoms with van der Waals surface area (Å²) in [6.07, 6.45) is -0.745. The van der Waals surface area contributed by atoms with E-state index in [0.717, 1.165) is 0 Å². The molecular formula is C27H28FN3O5S. The van der Waals surface area contributed by atoms with Crippen molar-refractivity contribution >= 4 is 33.2 Å². The molecule has 37 heavy (non-hydrogen) atoms. The predicted molar refractivity (Wildman–Crippen MR) is 139 cm³/mol. The standard InChI is InChI=1S/C27H28FN3O5S/c1-4-30(5-2)37(34,35)22-13-10-19(11-14-22)26(32)29-21-12-15-25-24(16-21)31(27(33)18(3)36-25)17-20-8-6-7-9-23(20)28/h6-16,18H,4-5,17H2,1-3H3,(H,29,32). The van der Waals surface area contributed by atoms with E-state index in [0.29, 0.717) is 35.8 Å². The minimum absolute atomic E-state index is 0.00603. The highest BCUT2D eigenvalue weighted by atomic mass is 32.2. The fourth-order valence-electron chi connectivity index (χ4n) is 4.14. The van der Waals surface area contributed by atoms with Gasteiger partial charge in [0.2, 0.25) is 10.0 Å². The minimum atomic E-state index is -3.63. The summed E-state index contributed by atoms with van der Waals surface area (Å²) >= 11 is 0. The average Bonchev–Trinajstić information content (AvgIpc) is 2.88. The van der Waals surface area contributed by atoms with Crippen LogP contribution in [0, 0.1) is 5.82 Å². The molecule has 1 unspecified atom stereocenters. The molecule has 0 fully saturated rings. The number of halogens is 1. The van der Waals surface area contributed by atoms with Crippen LogP contribution >= 0.6 is 0 Å². The highest BCUT2D eigenvalue weighted by molar-refractivity contribution is 7.89. The fourth-order valence-corrected chi connectivity index (χ4v) is 5.60. The zero-order valence-corrected chi connectivity index (χ0v) is 21.6. The summed E-state index contributed by atoms with van der Waals surface area (Å²) in [5.74, 6) is -0.771. The first kappa shape index (κ1) is 26.3. The lowest BCUT2D eigenvalue weighted by atomic mass is 10.1. The molecule has 4 rings (SSSR count). The number of rotatable bonds is 8. The molecule has 2 amide bonds. The van der Waals surface area contributed by atoms with E-state index >= 15 is 0 Å². The van der Waals surface area contributed by atoms with Crippen LogP contribution in [0.25, 0.3) is 0 Å². The molecule has 8 nitrogen and oxygen atoms in total. The molecule has 1 aliphatic rings. The summed E-state index contributed by atoms with van der Waals surface area (Å²) in [4.78, 5) is 27.3. The molecule has 0 bridgehead atoms. The van der Waals surface area contributed by atoms with Gasteiger partial charge in [-0.25, -0.2) is 12.8 Å². The maximum Gasteiger partial charge on any atom is 0.268 e. The van der Waals surface area contributed by atoms with E-state index in [2.05, 4.69) is 5.32 Å². The minimum Gasteiger partial charge on any atom is -0.479 e. The number of hydrogen-bond acceptors (Lipinski definition) is 5. The van der Waals surface area contributed by atoms with Crippen molar-refractivity contribution < 1.29 is 27.1 Å². The monoisotopic (exact) mass is 525 g/mol. The number of carbonyl (C=O) groups excluding carboxylic acids is 2. The highest BCUT2D eigenvalue weighted by Gasteiger charge is 2.32. The van der Waals surface area contributed by atoms with Crippen LogP contribution in [0.1, 0.15) is 36.7 Å². The summed E-state index contributed by atoms with van der Waals surface area (Å²) in [5.41, 5.74) is 1.42. The van der Waals surface area contributed by atoms with Gasteiger partial charge in [-0.2, -0.15) is 4.31 Å². The normalized spacial score (nSPS) is 15.3. The lowest BCUT2D eigenvalue weighted by Gasteiger charge is -2.33. The largest absolute Gasteiger partial charge is 0.479 e. The molecular weight excluding hydrogens is 497 g/mol. The molecule has 1 N–H and O–H groups in total. The van der Waals surface area contributed by atoms with E-state index in [9.17, 15) is 22.4 Å². The molecule has 10 heteroatoms. The van der Waals surface area contributed by atoms with Gasteiger partial charge >= 0.3 is 0 Å². The van der Waals surface area contributed by atoms with E-state index in [4.69, 9.17) is 4.74 Å². The molecule has 1 atom stereocenters. The van der Waals surface area contributed by atoms with Gasteiger partial charge in [-0.1, -0.05) is 32.0 Å². The van der Waals surface area contributed by atoms with Crippen LogP contribution in [0.2, 0.25) is 0 Å². The number of amides is 2. The van der Waals surface area contributed by atoms with Gasteiger partial charge in [-0.15, -0.1) is 0 Å². The lowest BCUT2D eigenvalue weighted by molar-refractivity contribution is -0.125. The first-order valence-corrected chi connectivity index (χ1v) is 13.4. The van der Waals surface area contributed by atoms with Crippen molar-refractivity contribution in [3.8, 4) is 5.75 Å². The zero-order valence-electron chi connectivity index (χ0n) is 20.8. The highest BCUT2D eigenvalue weighted by Crippen LogP contribution is 2.37. The fraction of sp³-hybridized carbons (Fsp3) is 0.259. The maximum absolute atomic E-state index is 14.3. The second-order valence-electron chi connectivity index (χ2n) is 8.53. The molecule has 3 aromatic rings. The van der Waals surface area contributed by atoms with Crippen molar-refractivity contribution in [2.75, 3.05) is 23.3 Å². The van der Waals surface area contributed by atoms with Crippen LogP contribution < -0.4 is 15.0 Å². The zero-order chi connectivity index (χ0) is 26.7. The second kappa shape index (κ2) is 10.7. The second-order valence-corrected chi connectivity index (χ2v) is 10.5. The molecule has 0 aromatic heterocycles. The van der Waals surface area contributed by atoms with Crippen LogP contribution in [-0.4, -0.2) is 43.7 Å². The van der Waals surface area contributed by atoms with Crippen LogP contribution in [0.5, 0.6) is 5.75 Å². The molecule has 0 radical (unpaired) electrons. The Balaban J connectivity index is 1.57. The van der Waals surface area contributed by atoms with Crippen molar-refractivity contribution in [3.05, 3.63) is 83.7 Å². The van der Waals surface area contributed by atoms with Gasteiger partial charge in [0.15, 0.2) is 6.10 Å². The van der Waals surface area contributed by atoms with E-state index in [1.807, 2.05) is 0 Å². The van der Waals surface area contributed by atoms with Crippen LogP contribution in [0.4, 0.5) is 15.8 Å². The Morgan fingerprint density at radius 3 is 2.38 bits per heavy atom. The number of ether oxygens (including phenoxy) is 1. The average molecular weight is 526 g/mol. The molecule has 0 saturated heterocycles. The summed E-state index contributed by atoms with van der Waals surface area (Å²) in [7, 11) is -3.63. The number of benzene rings is 3. The van der Waals surface area contributed by atoms with E-state index in [1.54, 1.807) is 57.2 Å². The molecule has 3 aromatic carbocycles. The van der Waals surface area contributed by atoms with Gasteiger partial charge in [0.1, 0.15) is 11.6 Å². The van der Waals surface area contributed by atoms with Crippen molar-refractivity contribution in [3.63, 3.8) is 0 Å². The lowest BCUT2D eigenvalue weighted by Crippen LogP contribution is -2.44. The number of anilines is 2. The van der Waals surface area contributed by atoms with Crippen LogP contribution in [0.15, 0.2) is 71.6 Å². The number of carbonyl (C=O) groups is 2. The summed E-state index contributed by atoms with van der Waals surface area (Å²) in [6.45, 7) is 5.85. The molecule has 1 aliphatic heterocycles. The van der Waals surface area contributed by atoms with Gasteiger partial charge in [0.05, 0.1) is 17.1 Å². The number of nitrogens with one attached hydrogen (secondary N) is 1. The number of hydrogen-bond donors (Lipinski definition) is 1. The number of nitrogens with zero attached hydrogens (tertiary/aromatic N) is 2. The first-order valence-electron chi connectivity index (χ1n) is 11.9. The van der Waals surface area contributed by atoms with E-state index in [1.165, 1.54) is 39.5 Å². The Hall–Kier alpha value is -3.76. The molecule has 1 heterocycles. The Kier molecular flexibility index (Phi) is 7.60. The first-order chi connectivity index (χ1) is 17.6. The Morgan fingerprint density at radius 2 is 1.73 bits per heavy atom. The van der Waals surface area contributed by atoms with E-state index < -0.39 is 27.9 Å². The van der Waals surface area contributed by atoms with E-state index in [-0.39, 0.29) is 22.9 Å². The van der Waals surface area contributed by atoms with Crippen molar-refractivity contribution in [2.24, 2.45) is 0 Å². The van der Waals surface area contributed by atoms with Gasteiger partial charge < -0.3 is 15.0 Å².